The van der Waals surface area contributed by atoms with Crippen molar-refractivity contribution in [1.29, 1.82) is 0 Å². The molecular weight excluding hydrogens is 294 g/mol. The lowest BCUT2D eigenvalue weighted by atomic mass is 9.95. The van der Waals surface area contributed by atoms with Crippen LogP contribution in [-0.2, 0) is 16.3 Å². The van der Waals surface area contributed by atoms with Crippen molar-refractivity contribution in [1.82, 2.24) is 5.32 Å². The Balaban J connectivity index is 2.52. The molecule has 0 radical (unpaired) electrons. The number of hydrogen-bond acceptors (Lipinski definition) is 3. The van der Waals surface area contributed by atoms with Crippen LogP contribution >= 0.6 is 11.6 Å². The zero-order chi connectivity index (χ0) is 15.0. The van der Waals surface area contributed by atoms with Crippen LogP contribution in [0.3, 0.4) is 0 Å². The van der Waals surface area contributed by atoms with Gasteiger partial charge in [-0.2, -0.15) is 0 Å². The molecule has 0 spiro atoms. The van der Waals surface area contributed by atoms with Gasteiger partial charge < -0.3 is 5.32 Å². The predicted molar refractivity (Wildman–Crippen MR) is 86.1 cm³/mol. The molecule has 0 saturated carbocycles. The van der Waals surface area contributed by atoms with Gasteiger partial charge in [0, 0.05) is 17.0 Å². The maximum atomic E-state index is 11.2. The van der Waals surface area contributed by atoms with Crippen LogP contribution in [0.4, 0.5) is 0 Å². The highest BCUT2D eigenvalue weighted by molar-refractivity contribution is 7.90. The van der Waals surface area contributed by atoms with Gasteiger partial charge in [0.05, 0.1) is 0 Å². The first kappa shape index (κ1) is 17.5. The van der Waals surface area contributed by atoms with Crippen molar-refractivity contribution in [3.63, 3.8) is 0 Å². The molecule has 1 aromatic carbocycles. The number of nitrogens with one attached hydrogen (secondary N) is 1. The minimum absolute atomic E-state index is 0.274. The summed E-state index contributed by atoms with van der Waals surface area (Å²) in [6, 6.07) is 7.88. The van der Waals surface area contributed by atoms with Gasteiger partial charge in [0.2, 0.25) is 0 Å². The molecule has 1 aromatic rings. The lowest BCUT2D eigenvalue weighted by Crippen LogP contribution is -2.24. The Kier molecular flexibility index (Phi) is 7.56. The second-order valence-corrected chi connectivity index (χ2v) is 7.97. The fraction of sp³-hybridized carbons (Fsp3) is 0.600. The van der Waals surface area contributed by atoms with Crippen molar-refractivity contribution in [3.05, 3.63) is 34.9 Å². The van der Waals surface area contributed by atoms with E-state index in [1.54, 1.807) is 0 Å². The highest BCUT2D eigenvalue weighted by atomic mass is 35.5. The zero-order valence-corrected chi connectivity index (χ0v) is 13.8. The molecule has 114 valence electrons. The van der Waals surface area contributed by atoms with Crippen LogP contribution in [0, 0.1) is 5.92 Å². The molecule has 0 aliphatic rings. The Hall–Kier alpha value is -0.580. The summed E-state index contributed by atoms with van der Waals surface area (Å²) in [7, 11) is -2.86. The highest BCUT2D eigenvalue weighted by Crippen LogP contribution is 2.17. The molecule has 1 unspecified atom stereocenters. The lowest BCUT2D eigenvalue weighted by molar-refractivity contribution is 0.444. The normalized spacial score (nSPS) is 13.3. The largest absolute Gasteiger partial charge is 0.317 e. The van der Waals surface area contributed by atoms with E-state index < -0.39 is 9.84 Å². The molecule has 0 amide bonds. The third-order valence-corrected chi connectivity index (χ3v) is 4.53. The Morgan fingerprint density at radius 1 is 1.25 bits per heavy atom. The molecule has 1 N–H and O–H groups in total. The minimum Gasteiger partial charge on any atom is -0.317 e. The first-order valence-electron chi connectivity index (χ1n) is 7.03. The van der Waals surface area contributed by atoms with E-state index >= 15 is 0 Å². The fourth-order valence-corrected chi connectivity index (χ4v) is 3.03. The van der Waals surface area contributed by atoms with Crippen molar-refractivity contribution in [3.8, 4) is 0 Å². The quantitative estimate of drug-likeness (QED) is 0.761. The Morgan fingerprint density at radius 3 is 2.45 bits per heavy atom. The summed E-state index contributed by atoms with van der Waals surface area (Å²) in [5, 5.41) is 4.10. The van der Waals surface area contributed by atoms with Crippen LogP contribution in [-0.4, -0.2) is 33.5 Å². The van der Waals surface area contributed by atoms with E-state index in [9.17, 15) is 8.42 Å². The topological polar surface area (TPSA) is 46.2 Å². The third kappa shape index (κ3) is 7.88. The monoisotopic (exact) mass is 317 g/mol. The molecule has 0 heterocycles. The lowest BCUT2D eigenvalue weighted by Gasteiger charge is -2.17. The standard InChI is InChI=1S/C15H24ClNO2S/c1-3-17-12-14(5-4-10-20(2,18)19)11-13-6-8-15(16)9-7-13/h6-9,14,17H,3-5,10-12H2,1-2H3. The van der Waals surface area contributed by atoms with Crippen molar-refractivity contribution in [2.75, 3.05) is 25.1 Å². The predicted octanol–water partition coefficient (Wildman–Crippen LogP) is 2.93. The van der Waals surface area contributed by atoms with Crippen molar-refractivity contribution in [2.45, 2.75) is 26.2 Å². The zero-order valence-electron chi connectivity index (χ0n) is 12.2. The molecule has 1 atom stereocenters. The van der Waals surface area contributed by atoms with E-state index in [2.05, 4.69) is 12.2 Å². The van der Waals surface area contributed by atoms with Gasteiger partial charge >= 0.3 is 0 Å². The first-order chi connectivity index (χ1) is 9.40. The van der Waals surface area contributed by atoms with Gasteiger partial charge in [-0.05, 0) is 56.0 Å². The molecule has 5 heteroatoms. The van der Waals surface area contributed by atoms with Gasteiger partial charge in [0.25, 0.3) is 0 Å². The van der Waals surface area contributed by atoms with Crippen molar-refractivity contribution in [2.24, 2.45) is 5.92 Å². The Labute approximate surface area is 127 Å². The Bertz CT molecular complexity index is 485. The van der Waals surface area contributed by atoms with E-state index in [0.29, 0.717) is 5.92 Å². The second-order valence-electron chi connectivity index (χ2n) is 5.28. The summed E-state index contributed by atoms with van der Waals surface area (Å²) < 4.78 is 22.4. The van der Waals surface area contributed by atoms with Crippen LogP contribution in [0.25, 0.3) is 0 Å². The van der Waals surface area contributed by atoms with E-state index in [1.165, 1.54) is 11.8 Å². The molecule has 0 aliphatic heterocycles. The first-order valence-corrected chi connectivity index (χ1v) is 9.47. The summed E-state index contributed by atoms with van der Waals surface area (Å²) >= 11 is 5.89. The average Bonchev–Trinajstić information content (AvgIpc) is 2.37. The third-order valence-electron chi connectivity index (χ3n) is 3.25. The van der Waals surface area contributed by atoms with Crippen LogP contribution in [0.5, 0.6) is 0 Å². The van der Waals surface area contributed by atoms with Gasteiger partial charge in [0.15, 0.2) is 0 Å². The van der Waals surface area contributed by atoms with E-state index in [1.807, 2.05) is 24.3 Å². The summed E-state index contributed by atoms with van der Waals surface area (Å²) in [6.45, 7) is 3.93. The summed E-state index contributed by atoms with van der Waals surface area (Å²) in [6.07, 6.45) is 3.89. The molecule has 0 saturated heterocycles. The van der Waals surface area contributed by atoms with Crippen LogP contribution in [0.15, 0.2) is 24.3 Å². The molecule has 0 fully saturated rings. The molecule has 20 heavy (non-hydrogen) atoms. The van der Waals surface area contributed by atoms with Crippen molar-refractivity contribution >= 4 is 21.4 Å². The van der Waals surface area contributed by atoms with Crippen LogP contribution in [0.2, 0.25) is 5.02 Å². The molecule has 0 aliphatic carbocycles. The van der Waals surface area contributed by atoms with E-state index in [0.717, 1.165) is 37.4 Å². The molecule has 1 rings (SSSR count). The number of sulfone groups is 1. The average molecular weight is 318 g/mol. The summed E-state index contributed by atoms with van der Waals surface area (Å²) in [4.78, 5) is 0. The van der Waals surface area contributed by atoms with Crippen LogP contribution in [0.1, 0.15) is 25.3 Å². The van der Waals surface area contributed by atoms with Gasteiger partial charge in [-0.15, -0.1) is 0 Å². The maximum absolute atomic E-state index is 11.2. The van der Waals surface area contributed by atoms with Gasteiger partial charge in [-0.25, -0.2) is 8.42 Å². The second kappa shape index (κ2) is 8.65. The Morgan fingerprint density at radius 2 is 1.90 bits per heavy atom. The SMILES string of the molecule is CCNCC(CCCS(C)(=O)=O)Cc1ccc(Cl)cc1. The van der Waals surface area contributed by atoms with E-state index in [4.69, 9.17) is 11.6 Å². The smallest absolute Gasteiger partial charge is 0.147 e. The van der Waals surface area contributed by atoms with E-state index in [-0.39, 0.29) is 5.75 Å². The van der Waals surface area contributed by atoms with Crippen molar-refractivity contribution < 1.29 is 8.42 Å². The molecular formula is C15H24ClNO2S. The summed E-state index contributed by atoms with van der Waals surface area (Å²) in [5.74, 6) is 0.730. The number of hydrogen-bond donors (Lipinski definition) is 1. The molecule has 0 bridgehead atoms. The van der Waals surface area contributed by atoms with Gasteiger partial charge in [0.1, 0.15) is 9.84 Å². The maximum Gasteiger partial charge on any atom is 0.147 e. The van der Waals surface area contributed by atoms with Gasteiger partial charge in [-0.3, -0.25) is 0 Å². The minimum atomic E-state index is -2.86. The number of halogens is 1. The number of benzene rings is 1. The molecule has 3 nitrogen and oxygen atoms in total. The highest BCUT2D eigenvalue weighted by Gasteiger charge is 2.11. The molecule has 0 aromatic heterocycles. The van der Waals surface area contributed by atoms with Gasteiger partial charge in [-0.1, -0.05) is 30.7 Å². The summed E-state index contributed by atoms with van der Waals surface area (Å²) in [5.41, 5.74) is 1.25. The van der Waals surface area contributed by atoms with Crippen LogP contribution < -0.4 is 5.32 Å². The fourth-order valence-electron chi connectivity index (χ4n) is 2.21. The number of rotatable bonds is 9.